The SMILES string of the molecule is CC(=O)c1ccccc1OCCSc1ccc(C)cc1. The Bertz CT molecular complexity index is 576. The third-order valence-corrected chi connectivity index (χ3v) is 3.87. The minimum atomic E-state index is 0.0341. The summed E-state index contributed by atoms with van der Waals surface area (Å²) in [5.74, 6) is 1.56. The molecule has 0 bridgehead atoms. The number of hydrogen-bond acceptors (Lipinski definition) is 3. The van der Waals surface area contributed by atoms with Crippen LogP contribution in [0.25, 0.3) is 0 Å². The molecule has 3 heteroatoms. The third kappa shape index (κ3) is 4.14. The highest BCUT2D eigenvalue weighted by Gasteiger charge is 2.06. The highest BCUT2D eigenvalue weighted by molar-refractivity contribution is 7.99. The molecular formula is C17H18O2S. The van der Waals surface area contributed by atoms with Crippen LogP contribution in [0, 0.1) is 6.92 Å². The monoisotopic (exact) mass is 286 g/mol. The Labute approximate surface area is 124 Å². The van der Waals surface area contributed by atoms with Crippen molar-refractivity contribution >= 4 is 17.5 Å². The number of hydrogen-bond donors (Lipinski definition) is 0. The predicted molar refractivity (Wildman–Crippen MR) is 83.8 cm³/mol. The zero-order valence-electron chi connectivity index (χ0n) is 11.8. The summed E-state index contributed by atoms with van der Waals surface area (Å²) in [6.45, 7) is 4.22. The fourth-order valence-electron chi connectivity index (χ4n) is 1.83. The number of aryl methyl sites for hydroxylation is 1. The van der Waals surface area contributed by atoms with E-state index in [1.54, 1.807) is 24.8 Å². The van der Waals surface area contributed by atoms with Crippen LogP contribution in [-0.2, 0) is 0 Å². The van der Waals surface area contributed by atoms with Gasteiger partial charge in [-0.05, 0) is 38.1 Å². The summed E-state index contributed by atoms with van der Waals surface area (Å²) in [5, 5.41) is 0. The van der Waals surface area contributed by atoms with Gasteiger partial charge >= 0.3 is 0 Å². The van der Waals surface area contributed by atoms with Crippen molar-refractivity contribution < 1.29 is 9.53 Å². The van der Waals surface area contributed by atoms with Crippen molar-refractivity contribution in [2.24, 2.45) is 0 Å². The minimum absolute atomic E-state index is 0.0341. The van der Waals surface area contributed by atoms with E-state index in [0.29, 0.717) is 17.9 Å². The van der Waals surface area contributed by atoms with Gasteiger partial charge in [0.15, 0.2) is 5.78 Å². The van der Waals surface area contributed by atoms with Crippen molar-refractivity contribution in [3.8, 4) is 5.75 Å². The molecule has 0 atom stereocenters. The molecule has 0 fully saturated rings. The van der Waals surface area contributed by atoms with Crippen LogP contribution < -0.4 is 4.74 Å². The normalized spacial score (nSPS) is 10.3. The summed E-state index contributed by atoms with van der Waals surface area (Å²) >= 11 is 1.75. The van der Waals surface area contributed by atoms with E-state index in [0.717, 1.165) is 5.75 Å². The average molecular weight is 286 g/mol. The van der Waals surface area contributed by atoms with Crippen LogP contribution in [0.15, 0.2) is 53.4 Å². The van der Waals surface area contributed by atoms with Crippen molar-refractivity contribution in [1.29, 1.82) is 0 Å². The average Bonchev–Trinajstić information content (AvgIpc) is 2.46. The van der Waals surface area contributed by atoms with Crippen LogP contribution in [0.4, 0.5) is 0 Å². The first kappa shape index (κ1) is 14.7. The van der Waals surface area contributed by atoms with E-state index in [-0.39, 0.29) is 5.78 Å². The molecule has 20 heavy (non-hydrogen) atoms. The standard InChI is InChI=1S/C17H18O2S/c1-13-7-9-15(10-8-13)20-12-11-19-17-6-4-3-5-16(17)14(2)18/h3-10H,11-12H2,1-2H3. The van der Waals surface area contributed by atoms with Gasteiger partial charge in [0.25, 0.3) is 0 Å². The maximum absolute atomic E-state index is 11.5. The van der Waals surface area contributed by atoms with E-state index in [2.05, 4.69) is 31.2 Å². The van der Waals surface area contributed by atoms with Gasteiger partial charge in [0.1, 0.15) is 5.75 Å². The highest BCUT2D eigenvalue weighted by Crippen LogP contribution is 2.21. The lowest BCUT2D eigenvalue weighted by Gasteiger charge is -2.09. The number of benzene rings is 2. The quantitative estimate of drug-likeness (QED) is 0.448. The lowest BCUT2D eigenvalue weighted by molar-refractivity contribution is 0.101. The Hall–Kier alpha value is -1.74. The molecule has 0 radical (unpaired) electrons. The van der Waals surface area contributed by atoms with Gasteiger partial charge < -0.3 is 4.74 Å². The number of carbonyl (C=O) groups excluding carboxylic acids is 1. The van der Waals surface area contributed by atoms with Crippen molar-refractivity contribution in [2.75, 3.05) is 12.4 Å². The fourth-order valence-corrected chi connectivity index (χ4v) is 2.56. The molecule has 0 N–H and O–H groups in total. The Balaban J connectivity index is 1.84. The Morgan fingerprint density at radius 3 is 2.50 bits per heavy atom. The number of Topliss-reactive ketones (excluding diaryl/α,β-unsaturated/α-hetero) is 1. The summed E-state index contributed by atoms with van der Waals surface area (Å²) in [5.41, 5.74) is 1.91. The van der Waals surface area contributed by atoms with Crippen LogP contribution in [-0.4, -0.2) is 18.1 Å². The van der Waals surface area contributed by atoms with Crippen LogP contribution in [0.5, 0.6) is 5.75 Å². The molecule has 0 aromatic heterocycles. The Morgan fingerprint density at radius 1 is 1.10 bits per heavy atom. The summed E-state index contributed by atoms with van der Waals surface area (Å²) in [6, 6.07) is 15.8. The van der Waals surface area contributed by atoms with Gasteiger partial charge in [-0.1, -0.05) is 29.8 Å². The van der Waals surface area contributed by atoms with E-state index in [1.165, 1.54) is 10.5 Å². The summed E-state index contributed by atoms with van der Waals surface area (Å²) < 4.78 is 5.70. The highest BCUT2D eigenvalue weighted by atomic mass is 32.2. The molecule has 2 aromatic rings. The fraction of sp³-hybridized carbons (Fsp3) is 0.235. The van der Waals surface area contributed by atoms with Gasteiger partial charge in [-0.15, -0.1) is 11.8 Å². The number of rotatable bonds is 6. The molecule has 2 nitrogen and oxygen atoms in total. The first-order valence-corrected chi connectivity index (χ1v) is 7.57. The number of carbonyl (C=O) groups is 1. The van der Waals surface area contributed by atoms with Crippen LogP contribution >= 0.6 is 11.8 Å². The van der Waals surface area contributed by atoms with Gasteiger partial charge in [-0.2, -0.15) is 0 Å². The molecule has 2 rings (SSSR count). The Morgan fingerprint density at radius 2 is 1.80 bits per heavy atom. The first-order chi connectivity index (χ1) is 9.66. The molecular weight excluding hydrogens is 268 g/mol. The molecule has 2 aromatic carbocycles. The lowest BCUT2D eigenvalue weighted by Crippen LogP contribution is -2.04. The van der Waals surface area contributed by atoms with E-state index >= 15 is 0 Å². The second kappa shape index (κ2) is 7.15. The topological polar surface area (TPSA) is 26.3 Å². The zero-order chi connectivity index (χ0) is 14.4. The second-order valence-corrected chi connectivity index (χ2v) is 5.73. The zero-order valence-corrected chi connectivity index (χ0v) is 12.6. The molecule has 0 aliphatic carbocycles. The number of para-hydroxylation sites is 1. The van der Waals surface area contributed by atoms with Crippen molar-refractivity contribution in [2.45, 2.75) is 18.7 Å². The molecule has 0 heterocycles. The maximum Gasteiger partial charge on any atom is 0.163 e. The van der Waals surface area contributed by atoms with E-state index < -0.39 is 0 Å². The Kier molecular flexibility index (Phi) is 5.24. The molecule has 104 valence electrons. The molecule has 0 spiro atoms. The molecule has 0 saturated carbocycles. The molecule has 0 unspecified atom stereocenters. The van der Waals surface area contributed by atoms with Crippen molar-refractivity contribution in [3.63, 3.8) is 0 Å². The maximum atomic E-state index is 11.5. The van der Waals surface area contributed by atoms with Crippen molar-refractivity contribution in [3.05, 3.63) is 59.7 Å². The van der Waals surface area contributed by atoms with Gasteiger partial charge in [-0.25, -0.2) is 0 Å². The third-order valence-electron chi connectivity index (χ3n) is 2.90. The lowest BCUT2D eigenvalue weighted by atomic mass is 10.1. The molecule has 0 amide bonds. The van der Waals surface area contributed by atoms with Crippen LogP contribution in [0.2, 0.25) is 0 Å². The van der Waals surface area contributed by atoms with Gasteiger partial charge in [-0.3, -0.25) is 4.79 Å². The minimum Gasteiger partial charge on any atom is -0.492 e. The molecule has 0 aliphatic heterocycles. The molecule has 0 saturated heterocycles. The summed E-state index contributed by atoms with van der Waals surface area (Å²) in [4.78, 5) is 12.7. The largest absolute Gasteiger partial charge is 0.492 e. The van der Waals surface area contributed by atoms with Gasteiger partial charge in [0.2, 0.25) is 0 Å². The van der Waals surface area contributed by atoms with E-state index in [9.17, 15) is 4.79 Å². The van der Waals surface area contributed by atoms with Crippen LogP contribution in [0.3, 0.4) is 0 Å². The van der Waals surface area contributed by atoms with E-state index in [1.807, 2.05) is 18.2 Å². The second-order valence-electron chi connectivity index (χ2n) is 4.56. The number of thioether (sulfide) groups is 1. The van der Waals surface area contributed by atoms with Crippen molar-refractivity contribution in [1.82, 2.24) is 0 Å². The summed E-state index contributed by atoms with van der Waals surface area (Å²) in [7, 11) is 0. The number of ketones is 1. The van der Waals surface area contributed by atoms with Crippen LogP contribution in [0.1, 0.15) is 22.8 Å². The smallest absolute Gasteiger partial charge is 0.163 e. The molecule has 0 aliphatic rings. The van der Waals surface area contributed by atoms with E-state index in [4.69, 9.17) is 4.74 Å². The summed E-state index contributed by atoms with van der Waals surface area (Å²) in [6.07, 6.45) is 0. The van der Waals surface area contributed by atoms with Gasteiger partial charge in [0.05, 0.1) is 12.2 Å². The first-order valence-electron chi connectivity index (χ1n) is 6.59. The predicted octanol–water partition coefficient (Wildman–Crippen LogP) is 4.37. The van der Waals surface area contributed by atoms with Gasteiger partial charge in [0, 0.05) is 10.6 Å². The number of ether oxygens (including phenoxy) is 1.